The molecule has 1 aromatic carbocycles. The summed E-state index contributed by atoms with van der Waals surface area (Å²) in [5, 5.41) is 19.3. The molecule has 0 saturated heterocycles. The quantitative estimate of drug-likeness (QED) is 0.601. The Morgan fingerprint density at radius 3 is 1.56 bits per heavy atom. The van der Waals surface area contributed by atoms with Crippen molar-refractivity contribution < 1.29 is 29.3 Å². The third-order valence-corrected chi connectivity index (χ3v) is 2.40. The third-order valence-electron chi connectivity index (χ3n) is 2.40. The van der Waals surface area contributed by atoms with E-state index in [1.807, 2.05) is 0 Å². The molecule has 0 radical (unpaired) electrons. The highest BCUT2D eigenvalue weighted by atomic mass is 16.5. The molecule has 0 aliphatic rings. The highest BCUT2D eigenvalue weighted by Crippen LogP contribution is 2.28. The normalized spacial score (nSPS) is 9.89. The van der Waals surface area contributed by atoms with Crippen molar-refractivity contribution in [3.8, 4) is 11.5 Å². The van der Waals surface area contributed by atoms with E-state index in [1.54, 1.807) is 0 Å². The molecular formula is C12H14O6. The number of ether oxygens (including phenoxy) is 2. The second-order valence-corrected chi connectivity index (χ2v) is 3.62. The number of esters is 2. The van der Waals surface area contributed by atoms with Gasteiger partial charge < -0.3 is 19.7 Å². The van der Waals surface area contributed by atoms with Gasteiger partial charge in [-0.25, -0.2) is 0 Å². The van der Waals surface area contributed by atoms with E-state index >= 15 is 0 Å². The molecule has 0 atom stereocenters. The summed E-state index contributed by atoms with van der Waals surface area (Å²) in [7, 11) is 2.45. The minimum Gasteiger partial charge on any atom is -0.508 e. The Bertz CT molecular complexity index is 422. The standard InChI is InChI=1S/C12H14O6/c1-17-11(15)5-7-3-10(14)8(4-9(7)13)6-12(16)18-2/h3-4,13-14H,5-6H2,1-2H3. The smallest absolute Gasteiger partial charge is 0.310 e. The van der Waals surface area contributed by atoms with E-state index < -0.39 is 11.9 Å². The molecule has 0 amide bonds. The fraction of sp³-hybridized carbons (Fsp3) is 0.333. The summed E-state index contributed by atoms with van der Waals surface area (Å²) >= 11 is 0. The minimum absolute atomic E-state index is 0.158. The first-order valence-electron chi connectivity index (χ1n) is 5.15. The third kappa shape index (κ3) is 3.38. The van der Waals surface area contributed by atoms with Crippen LogP contribution in [0.5, 0.6) is 11.5 Å². The molecule has 18 heavy (non-hydrogen) atoms. The Labute approximate surface area is 104 Å². The van der Waals surface area contributed by atoms with Gasteiger partial charge in [0.2, 0.25) is 0 Å². The van der Waals surface area contributed by atoms with Crippen LogP contribution in [0, 0.1) is 0 Å². The van der Waals surface area contributed by atoms with Crippen LogP contribution in [-0.2, 0) is 31.9 Å². The average molecular weight is 254 g/mol. The fourth-order valence-electron chi connectivity index (χ4n) is 1.40. The number of aromatic hydroxyl groups is 2. The van der Waals surface area contributed by atoms with Gasteiger partial charge in [0, 0.05) is 11.1 Å². The van der Waals surface area contributed by atoms with Gasteiger partial charge >= 0.3 is 11.9 Å². The van der Waals surface area contributed by atoms with Crippen molar-refractivity contribution in [1.29, 1.82) is 0 Å². The average Bonchev–Trinajstić information content (AvgIpc) is 2.34. The zero-order chi connectivity index (χ0) is 13.7. The van der Waals surface area contributed by atoms with Gasteiger partial charge in [0.1, 0.15) is 11.5 Å². The minimum atomic E-state index is -0.537. The molecule has 0 unspecified atom stereocenters. The molecule has 0 spiro atoms. The highest BCUT2D eigenvalue weighted by molar-refractivity contribution is 5.76. The van der Waals surface area contributed by atoms with Crippen molar-refractivity contribution in [2.45, 2.75) is 12.8 Å². The predicted octanol–water partition coefficient (Wildman–Crippen LogP) is 0.529. The van der Waals surface area contributed by atoms with Crippen molar-refractivity contribution in [3.05, 3.63) is 23.3 Å². The van der Waals surface area contributed by atoms with Crippen molar-refractivity contribution in [3.63, 3.8) is 0 Å². The molecule has 0 aromatic heterocycles. The van der Waals surface area contributed by atoms with E-state index in [9.17, 15) is 19.8 Å². The summed E-state index contributed by atoms with van der Waals surface area (Å²) in [6.45, 7) is 0. The lowest BCUT2D eigenvalue weighted by Crippen LogP contribution is -2.07. The van der Waals surface area contributed by atoms with Gasteiger partial charge in [-0.2, -0.15) is 0 Å². The molecule has 98 valence electrons. The number of benzene rings is 1. The maximum absolute atomic E-state index is 11.1. The number of phenols is 2. The van der Waals surface area contributed by atoms with Gasteiger partial charge in [0.25, 0.3) is 0 Å². The van der Waals surface area contributed by atoms with E-state index in [2.05, 4.69) is 9.47 Å². The van der Waals surface area contributed by atoms with Crippen molar-refractivity contribution in [2.75, 3.05) is 14.2 Å². The van der Waals surface area contributed by atoms with Crippen LogP contribution >= 0.6 is 0 Å². The van der Waals surface area contributed by atoms with E-state index in [4.69, 9.17) is 0 Å². The van der Waals surface area contributed by atoms with Gasteiger partial charge in [-0.15, -0.1) is 0 Å². The van der Waals surface area contributed by atoms with Crippen LogP contribution in [0.15, 0.2) is 12.1 Å². The molecule has 0 aliphatic heterocycles. The lowest BCUT2D eigenvalue weighted by Gasteiger charge is -2.08. The van der Waals surface area contributed by atoms with Crippen LogP contribution < -0.4 is 0 Å². The molecule has 0 heterocycles. The first-order chi connectivity index (χ1) is 8.47. The second-order valence-electron chi connectivity index (χ2n) is 3.62. The largest absolute Gasteiger partial charge is 0.508 e. The number of carbonyl (C=O) groups excluding carboxylic acids is 2. The summed E-state index contributed by atoms with van der Waals surface area (Å²) in [4.78, 5) is 22.1. The number of methoxy groups -OCH3 is 2. The Kier molecular flexibility index (Phi) is 4.53. The summed E-state index contributed by atoms with van der Waals surface area (Å²) in [5.41, 5.74) is 0.459. The zero-order valence-electron chi connectivity index (χ0n) is 10.1. The summed E-state index contributed by atoms with van der Waals surface area (Å²) in [5.74, 6) is -1.44. The van der Waals surface area contributed by atoms with Gasteiger partial charge in [-0.05, 0) is 12.1 Å². The van der Waals surface area contributed by atoms with E-state index in [-0.39, 0.29) is 35.5 Å². The Morgan fingerprint density at radius 1 is 0.944 bits per heavy atom. The number of rotatable bonds is 4. The van der Waals surface area contributed by atoms with Gasteiger partial charge in [0.15, 0.2) is 0 Å². The number of hydrogen-bond acceptors (Lipinski definition) is 6. The summed E-state index contributed by atoms with van der Waals surface area (Å²) in [6.07, 6.45) is -0.317. The predicted molar refractivity (Wildman–Crippen MR) is 61.2 cm³/mol. The molecule has 6 nitrogen and oxygen atoms in total. The van der Waals surface area contributed by atoms with Crippen LogP contribution in [0.3, 0.4) is 0 Å². The Balaban J connectivity index is 2.96. The maximum Gasteiger partial charge on any atom is 0.310 e. The topological polar surface area (TPSA) is 93.1 Å². The molecule has 0 fully saturated rings. The van der Waals surface area contributed by atoms with Crippen molar-refractivity contribution in [1.82, 2.24) is 0 Å². The number of carbonyl (C=O) groups is 2. The van der Waals surface area contributed by atoms with E-state index in [1.165, 1.54) is 26.4 Å². The Morgan fingerprint density at radius 2 is 1.28 bits per heavy atom. The SMILES string of the molecule is COC(=O)Cc1cc(O)c(CC(=O)OC)cc1O. The van der Waals surface area contributed by atoms with Gasteiger partial charge in [0.05, 0.1) is 27.1 Å². The zero-order valence-corrected chi connectivity index (χ0v) is 10.1. The fourth-order valence-corrected chi connectivity index (χ4v) is 1.40. The molecule has 0 aliphatic carbocycles. The van der Waals surface area contributed by atoms with Crippen LogP contribution in [0.25, 0.3) is 0 Å². The molecule has 6 heteroatoms. The molecule has 0 saturated carbocycles. The molecule has 2 N–H and O–H groups in total. The maximum atomic E-state index is 11.1. The molecule has 1 rings (SSSR count). The number of phenolic OH excluding ortho intramolecular Hbond substituents is 2. The lowest BCUT2D eigenvalue weighted by molar-refractivity contribution is -0.140. The first kappa shape index (κ1) is 13.8. The van der Waals surface area contributed by atoms with Crippen LogP contribution in [0.1, 0.15) is 11.1 Å². The molecule has 1 aromatic rings. The lowest BCUT2D eigenvalue weighted by atomic mass is 10.0. The van der Waals surface area contributed by atoms with E-state index in [0.29, 0.717) is 0 Å². The van der Waals surface area contributed by atoms with Crippen molar-refractivity contribution in [2.24, 2.45) is 0 Å². The van der Waals surface area contributed by atoms with Crippen LogP contribution in [0.4, 0.5) is 0 Å². The first-order valence-corrected chi connectivity index (χ1v) is 5.15. The molecular weight excluding hydrogens is 240 g/mol. The van der Waals surface area contributed by atoms with Gasteiger partial charge in [-0.1, -0.05) is 0 Å². The van der Waals surface area contributed by atoms with Crippen LogP contribution in [-0.4, -0.2) is 36.4 Å². The second kappa shape index (κ2) is 5.90. The van der Waals surface area contributed by atoms with E-state index in [0.717, 1.165) is 0 Å². The van der Waals surface area contributed by atoms with Gasteiger partial charge in [-0.3, -0.25) is 9.59 Å². The monoisotopic (exact) mass is 254 g/mol. The molecule has 0 bridgehead atoms. The summed E-state index contributed by atoms with van der Waals surface area (Å²) < 4.78 is 8.91. The number of hydrogen-bond donors (Lipinski definition) is 2. The highest BCUT2D eigenvalue weighted by Gasteiger charge is 2.14. The van der Waals surface area contributed by atoms with Crippen LogP contribution in [0.2, 0.25) is 0 Å². The Hall–Kier alpha value is -2.24. The summed E-state index contributed by atoms with van der Waals surface area (Å²) in [6, 6.07) is 2.45. The van der Waals surface area contributed by atoms with Crippen molar-refractivity contribution >= 4 is 11.9 Å².